The molecule has 2 rings (SSSR count). The summed E-state index contributed by atoms with van der Waals surface area (Å²) in [5.41, 5.74) is 8.11. The summed E-state index contributed by atoms with van der Waals surface area (Å²) in [4.78, 5) is 0. The molecule has 0 aromatic heterocycles. The van der Waals surface area contributed by atoms with Crippen LogP contribution in [-0.2, 0) is 12.8 Å². The van der Waals surface area contributed by atoms with Gasteiger partial charge in [0.1, 0.15) is 19.0 Å². The van der Waals surface area contributed by atoms with Gasteiger partial charge in [0, 0.05) is 0 Å². The summed E-state index contributed by atoms with van der Waals surface area (Å²) in [6.45, 7) is 6.32. The van der Waals surface area contributed by atoms with Gasteiger partial charge < -0.3 is 19.9 Å². The third kappa shape index (κ3) is 6.31. The molecule has 2 aromatic carbocycles. The van der Waals surface area contributed by atoms with Crippen LogP contribution in [0.15, 0.2) is 42.5 Å². The van der Waals surface area contributed by atoms with Crippen molar-refractivity contribution >= 4 is 0 Å². The van der Waals surface area contributed by atoms with E-state index in [4.69, 9.17) is 19.9 Å². The van der Waals surface area contributed by atoms with E-state index in [2.05, 4.69) is 19.1 Å². The SMILES string of the molecule is CCCc1ccc(OCCOc2ccc(CCN)cc2OCC)cc1. The minimum atomic E-state index is 0.465. The average molecular weight is 343 g/mol. The fourth-order valence-electron chi connectivity index (χ4n) is 2.61. The Morgan fingerprint density at radius 1 is 0.760 bits per heavy atom. The Labute approximate surface area is 150 Å². The number of benzene rings is 2. The lowest BCUT2D eigenvalue weighted by molar-refractivity contribution is 0.208. The zero-order valence-electron chi connectivity index (χ0n) is 15.3. The first-order valence-corrected chi connectivity index (χ1v) is 9.07. The van der Waals surface area contributed by atoms with Crippen LogP contribution in [0.5, 0.6) is 17.2 Å². The summed E-state index contributed by atoms with van der Waals surface area (Å²) < 4.78 is 17.2. The first-order valence-electron chi connectivity index (χ1n) is 9.07. The van der Waals surface area contributed by atoms with Gasteiger partial charge in [-0.2, -0.15) is 0 Å². The van der Waals surface area contributed by atoms with Crippen molar-refractivity contribution in [1.29, 1.82) is 0 Å². The minimum Gasteiger partial charge on any atom is -0.490 e. The molecule has 0 unspecified atom stereocenters. The number of nitrogens with two attached hydrogens (primary N) is 1. The van der Waals surface area contributed by atoms with Gasteiger partial charge in [0.25, 0.3) is 0 Å². The topological polar surface area (TPSA) is 53.7 Å². The second-order valence-corrected chi connectivity index (χ2v) is 5.84. The zero-order chi connectivity index (χ0) is 17.9. The maximum absolute atomic E-state index is 5.83. The standard InChI is InChI=1S/C21H29NO3/c1-3-5-17-6-9-19(10-7-17)24-14-15-25-20-11-8-18(12-13-22)16-21(20)23-4-2/h6-11,16H,3-5,12-15,22H2,1-2H3. The van der Waals surface area contributed by atoms with Gasteiger partial charge in [0.05, 0.1) is 6.61 Å². The van der Waals surface area contributed by atoms with E-state index in [9.17, 15) is 0 Å². The Kier molecular flexibility index (Phi) is 8.13. The van der Waals surface area contributed by atoms with E-state index >= 15 is 0 Å². The fraction of sp³-hybridized carbons (Fsp3) is 0.429. The minimum absolute atomic E-state index is 0.465. The molecule has 0 spiro atoms. The van der Waals surface area contributed by atoms with Crippen molar-refractivity contribution in [3.8, 4) is 17.2 Å². The Morgan fingerprint density at radius 2 is 1.48 bits per heavy atom. The zero-order valence-corrected chi connectivity index (χ0v) is 15.3. The maximum Gasteiger partial charge on any atom is 0.161 e. The molecule has 136 valence electrons. The van der Waals surface area contributed by atoms with E-state index in [1.165, 1.54) is 5.56 Å². The lowest BCUT2D eigenvalue weighted by Crippen LogP contribution is -2.10. The van der Waals surface area contributed by atoms with Crippen molar-refractivity contribution in [2.75, 3.05) is 26.4 Å². The van der Waals surface area contributed by atoms with Crippen molar-refractivity contribution in [2.24, 2.45) is 5.73 Å². The summed E-state index contributed by atoms with van der Waals surface area (Å²) in [6.07, 6.45) is 3.08. The van der Waals surface area contributed by atoms with E-state index in [0.717, 1.165) is 42.1 Å². The van der Waals surface area contributed by atoms with Crippen LogP contribution >= 0.6 is 0 Å². The van der Waals surface area contributed by atoms with E-state index < -0.39 is 0 Å². The number of hydrogen-bond acceptors (Lipinski definition) is 4. The van der Waals surface area contributed by atoms with Crippen LogP contribution in [0.1, 0.15) is 31.4 Å². The van der Waals surface area contributed by atoms with Crippen molar-refractivity contribution in [1.82, 2.24) is 0 Å². The molecule has 25 heavy (non-hydrogen) atoms. The number of ether oxygens (including phenoxy) is 3. The molecular formula is C21H29NO3. The highest BCUT2D eigenvalue weighted by Crippen LogP contribution is 2.28. The van der Waals surface area contributed by atoms with Crippen molar-refractivity contribution in [2.45, 2.75) is 33.1 Å². The lowest BCUT2D eigenvalue weighted by atomic mass is 10.1. The molecule has 0 amide bonds. The van der Waals surface area contributed by atoms with Crippen molar-refractivity contribution in [3.63, 3.8) is 0 Å². The van der Waals surface area contributed by atoms with Crippen LogP contribution in [0.4, 0.5) is 0 Å². The summed E-state index contributed by atoms with van der Waals surface area (Å²) in [5.74, 6) is 2.37. The van der Waals surface area contributed by atoms with Gasteiger partial charge in [-0.1, -0.05) is 31.5 Å². The molecule has 0 aliphatic rings. The Bertz CT molecular complexity index is 626. The highest BCUT2D eigenvalue weighted by atomic mass is 16.5. The van der Waals surface area contributed by atoms with E-state index in [-0.39, 0.29) is 0 Å². The molecule has 0 saturated heterocycles. The molecule has 4 nitrogen and oxygen atoms in total. The van der Waals surface area contributed by atoms with Gasteiger partial charge in [-0.15, -0.1) is 0 Å². The molecule has 0 heterocycles. The third-order valence-corrected chi connectivity index (χ3v) is 3.81. The smallest absolute Gasteiger partial charge is 0.161 e. The van der Waals surface area contributed by atoms with Gasteiger partial charge >= 0.3 is 0 Å². The number of aryl methyl sites for hydroxylation is 1. The lowest BCUT2D eigenvalue weighted by Gasteiger charge is -2.14. The van der Waals surface area contributed by atoms with Gasteiger partial charge in [0.15, 0.2) is 11.5 Å². The summed E-state index contributed by atoms with van der Waals surface area (Å²) in [5, 5.41) is 0. The highest BCUT2D eigenvalue weighted by Gasteiger charge is 2.06. The first kappa shape index (κ1) is 19.1. The van der Waals surface area contributed by atoms with Crippen molar-refractivity contribution in [3.05, 3.63) is 53.6 Å². The molecule has 2 N–H and O–H groups in total. The largest absolute Gasteiger partial charge is 0.490 e. The Hall–Kier alpha value is -2.20. The van der Waals surface area contributed by atoms with Gasteiger partial charge in [0.2, 0.25) is 0 Å². The molecule has 0 bridgehead atoms. The average Bonchev–Trinajstić information content (AvgIpc) is 2.62. The van der Waals surface area contributed by atoms with E-state index in [0.29, 0.717) is 26.4 Å². The molecule has 2 aromatic rings. The van der Waals surface area contributed by atoms with Crippen LogP contribution < -0.4 is 19.9 Å². The van der Waals surface area contributed by atoms with Crippen LogP contribution in [0.25, 0.3) is 0 Å². The molecule has 0 radical (unpaired) electrons. The number of rotatable bonds is 11. The second kappa shape index (κ2) is 10.6. The van der Waals surface area contributed by atoms with E-state index in [1.54, 1.807) is 0 Å². The van der Waals surface area contributed by atoms with Gasteiger partial charge in [-0.05, 0) is 61.7 Å². The van der Waals surface area contributed by atoms with Gasteiger partial charge in [-0.25, -0.2) is 0 Å². The van der Waals surface area contributed by atoms with Crippen LogP contribution in [0.3, 0.4) is 0 Å². The summed E-state index contributed by atoms with van der Waals surface area (Å²) in [6, 6.07) is 14.2. The molecule has 0 atom stereocenters. The van der Waals surface area contributed by atoms with Crippen LogP contribution in [0, 0.1) is 0 Å². The second-order valence-electron chi connectivity index (χ2n) is 5.84. The maximum atomic E-state index is 5.83. The molecule has 4 heteroatoms. The normalized spacial score (nSPS) is 10.5. The molecule has 0 fully saturated rings. The van der Waals surface area contributed by atoms with Crippen LogP contribution in [0.2, 0.25) is 0 Å². The molecule has 0 saturated carbocycles. The van der Waals surface area contributed by atoms with E-state index in [1.807, 2.05) is 37.3 Å². The summed E-state index contributed by atoms with van der Waals surface area (Å²) >= 11 is 0. The quantitative estimate of drug-likeness (QED) is 0.627. The van der Waals surface area contributed by atoms with Crippen LogP contribution in [-0.4, -0.2) is 26.4 Å². The Balaban J connectivity index is 1.84. The molecule has 0 aliphatic heterocycles. The summed E-state index contributed by atoms with van der Waals surface area (Å²) in [7, 11) is 0. The predicted octanol–water partition coefficient (Wildman–Crippen LogP) is 4.00. The molecule has 0 aliphatic carbocycles. The number of hydrogen-bond donors (Lipinski definition) is 1. The van der Waals surface area contributed by atoms with Crippen molar-refractivity contribution < 1.29 is 14.2 Å². The fourth-order valence-corrected chi connectivity index (χ4v) is 2.61. The Morgan fingerprint density at radius 3 is 2.16 bits per heavy atom. The predicted molar refractivity (Wildman–Crippen MR) is 102 cm³/mol. The third-order valence-electron chi connectivity index (χ3n) is 3.81. The van der Waals surface area contributed by atoms with Gasteiger partial charge in [-0.3, -0.25) is 0 Å². The monoisotopic (exact) mass is 343 g/mol. The highest BCUT2D eigenvalue weighted by molar-refractivity contribution is 5.43. The molecular weight excluding hydrogens is 314 g/mol. The first-order chi connectivity index (χ1) is 12.3.